The summed E-state index contributed by atoms with van der Waals surface area (Å²) in [5.41, 5.74) is -0.731. The Labute approximate surface area is 120 Å². The number of aromatic nitrogens is 2. The molecule has 0 radical (unpaired) electrons. The molecular weight excluding hydrogens is 254 g/mol. The highest BCUT2D eigenvalue weighted by atomic mass is 16.3. The second-order valence-electron chi connectivity index (χ2n) is 5.96. The Bertz CT molecular complexity index is 422. The second kappa shape index (κ2) is 6.39. The molecule has 1 aliphatic rings. The zero-order valence-electron chi connectivity index (χ0n) is 12.4. The van der Waals surface area contributed by atoms with E-state index in [1.54, 1.807) is 30.1 Å². The van der Waals surface area contributed by atoms with Crippen molar-refractivity contribution in [3.8, 4) is 0 Å². The molecule has 2 N–H and O–H groups in total. The van der Waals surface area contributed by atoms with Crippen LogP contribution in [0.2, 0.25) is 0 Å². The van der Waals surface area contributed by atoms with E-state index in [1.807, 2.05) is 0 Å². The Kier molecular flexibility index (Phi) is 4.81. The van der Waals surface area contributed by atoms with Gasteiger partial charge in [0.25, 0.3) is 0 Å². The molecule has 1 fully saturated rings. The van der Waals surface area contributed by atoms with Crippen molar-refractivity contribution in [3.05, 3.63) is 18.5 Å². The normalized spacial score (nSPS) is 28.1. The number of carbonyl (C=O) groups is 1. The molecule has 1 saturated carbocycles. The minimum absolute atomic E-state index is 0.0975. The highest BCUT2D eigenvalue weighted by molar-refractivity contribution is 5.79. The van der Waals surface area contributed by atoms with Gasteiger partial charge in [-0.05, 0) is 44.6 Å². The maximum atomic E-state index is 12.1. The van der Waals surface area contributed by atoms with Gasteiger partial charge < -0.3 is 10.4 Å². The van der Waals surface area contributed by atoms with Crippen LogP contribution in [-0.4, -0.2) is 32.9 Å². The van der Waals surface area contributed by atoms with Crippen molar-refractivity contribution in [2.24, 2.45) is 5.92 Å². The fourth-order valence-corrected chi connectivity index (χ4v) is 2.83. The molecule has 1 aromatic rings. The van der Waals surface area contributed by atoms with Gasteiger partial charge in [-0.15, -0.1) is 0 Å². The van der Waals surface area contributed by atoms with Crippen LogP contribution in [0.1, 0.15) is 52.0 Å². The van der Waals surface area contributed by atoms with Crippen LogP contribution in [0.4, 0.5) is 0 Å². The van der Waals surface area contributed by atoms with E-state index in [9.17, 15) is 9.90 Å². The van der Waals surface area contributed by atoms with Crippen LogP contribution in [0.5, 0.6) is 0 Å². The van der Waals surface area contributed by atoms with E-state index in [-0.39, 0.29) is 11.9 Å². The molecule has 1 heterocycles. The van der Waals surface area contributed by atoms with Crippen LogP contribution >= 0.6 is 0 Å². The minimum atomic E-state index is -0.731. The van der Waals surface area contributed by atoms with Crippen molar-refractivity contribution in [2.75, 3.05) is 6.54 Å². The number of nitrogens with zero attached hydrogens (tertiary/aromatic N) is 2. The molecule has 5 heteroatoms. The van der Waals surface area contributed by atoms with E-state index in [0.29, 0.717) is 6.54 Å². The summed E-state index contributed by atoms with van der Waals surface area (Å²) < 4.78 is 1.62. The molecule has 112 valence electrons. The van der Waals surface area contributed by atoms with Gasteiger partial charge in [-0.2, -0.15) is 5.10 Å². The summed E-state index contributed by atoms with van der Waals surface area (Å²) >= 11 is 0. The third-order valence-electron chi connectivity index (χ3n) is 4.51. The third-order valence-corrected chi connectivity index (χ3v) is 4.51. The molecule has 2 rings (SSSR count). The fourth-order valence-electron chi connectivity index (χ4n) is 2.83. The Balaban J connectivity index is 1.81. The topological polar surface area (TPSA) is 67.2 Å². The van der Waals surface area contributed by atoms with Gasteiger partial charge in [-0.25, -0.2) is 0 Å². The number of carbonyl (C=O) groups excluding carboxylic acids is 1. The average molecular weight is 279 g/mol. The number of hydrogen-bond acceptors (Lipinski definition) is 3. The predicted molar refractivity (Wildman–Crippen MR) is 77.1 cm³/mol. The monoisotopic (exact) mass is 279 g/mol. The number of hydrogen-bond donors (Lipinski definition) is 2. The highest BCUT2D eigenvalue weighted by Crippen LogP contribution is 2.33. The Morgan fingerprint density at radius 2 is 2.25 bits per heavy atom. The Morgan fingerprint density at radius 3 is 2.80 bits per heavy atom. The van der Waals surface area contributed by atoms with E-state index < -0.39 is 5.60 Å². The van der Waals surface area contributed by atoms with Gasteiger partial charge in [0.05, 0.1) is 5.60 Å². The van der Waals surface area contributed by atoms with Gasteiger partial charge in [-0.1, -0.05) is 13.3 Å². The van der Waals surface area contributed by atoms with Crippen LogP contribution in [0.15, 0.2) is 18.5 Å². The molecule has 0 saturated heterocycles. The highest BCUT2D eigenvalue weighted by Gasteiger charge is 2.33. The standard InChI is InChI=1S/C15H25N3O2/c1-3-13-5-7-15(20,8-6-13)11-16-14(19)12(2)18-10-4-9-17-18/h4,9-10,12-13,20H,3,5-8,11H2,1-2H3,(H,16,19). The van der Waals surface area contributed by atoms with Gasteiger partial charge >= 0.3 is 0 Å². The molecule has 1 aliphatic carbocycles. The molecule has 1 unspecified atom stereocenters. The van der Waals surface area contributed by atoms with E-state index >= 15 is 0 Å². The first-order chi connectivity index (χ1) is 9.54. The van der Waals surface area contributed by atoms with Gasteiger partial charge in [0.2, 0.25) is 5.91 Å². The third kappa shape index (κ3) is 3.60. The summed E-state index contributed by atoms with van der Waals surface area (Å²) in [4.78, 5) is 12.1. The lowest BCUT2D eigenvalue weighted by Gasteiger charge is -2.36. The van der Waals surface area contributed by atoms with Crippen molar-refractivity contribution in [1.82, 2.24) is 15.1 Å². The van der Waals surface area contributed by atoms with Crippen molar-refractivity contribution >= 4 is 5.91 Å². The molecule has 1 atom stereocenters. The summed E-state index contributed by atoms with van der Waals surface area (Å²) in [6, 6.07) is 1.45. The summed E-state index contributed by atoms with van der Waals surface area (Å²) in [5, 5.41) is 17.4. The van der Waals surface area contributed by atoms with E-state index in [2.05, 4.69) is 17.3 Å². The molecule has 1 aromatic heterocycles. The van der Waals surface area contributed by atoms with Crippen molar-refractivity contribution < 1.29 is 9.90 Å². The average Bonchev–Trinajstić information content (AvgIpc) is 2.99. The van der Waals surface area contributed by atoms with Crippen molar-refractivity contribution in [1.29, 1.82) is 0 Å². The molecule has 0 aromatic carbocycles. The Morgan fingerprint density at radius 1 is 1.55 bits per heavy atom. The van der Waals surface area contributed by atoms with E-state index in [4.69, 9.17) is 0 Å². The number of rotatable bonds is 5. The SMILES string of the molecule is CCC1CCC(O)(CNC(=O)C(C)n2cccn2)CC1. The van der Waals surface area contributed by atoms with Crippen molar-refractivity contribution in [3.63, 3.8) is 0 Å². The molecule has 5 nitrogen and oxygen atoms in total. The Hall–Kier alpha value is -1.36. The largest absolute Gasteiger partial charge is 0.388 e. The quantitative estimate of drug-likeness (QED) is 0.865. The fraction of sp³-hybridized carbons (Fsp3) is 0.733. The summed E-state index contributed by atoms with van der Waals surface area (Å²) in [5.74, 6) is 0.633. The first-order valence-corrected chi connectivity index (χ1v) is 7.53. The van der Waals surface area contributed by atoms with E-state index in [1.165, 1.54) is 6.42 Å². The van der Waals surface area contributed by atoms with Crippen LogP contribution in [0, 0.1) is 5.92 Å². The first-order valence-electron chi connectivity index (χ1n) is 7.53. The maximum absolute atomic E-state index is 12.1. The van der Waals surface area contributed by atoms with Crippen LogP contribution in [0.25, 0.3) is 0 Å². The maximum Gasteiger partial charge on any atom is 0.244 e. The van der Waals surface area contributed by atoms with Crippen LogP contribution < -0.4 is 5.32 Å². The smallest absolute Gasteiger partial charge is 0.244 e. The van der Waals surface area contributed by atoms with Crippen LogP contribution in [-0.2, 0) is 4.79 Å². The summed E-state index contributed by atoms with van der Waals surface area (Å²) in [6.45, 7) is 4.34. The zero-order chi connectivity index (χ0) is 14.6. The molecule has 20 heavy (non-hydrogen) atoms. The predicted octanol–water partition coefficient (Wildman–Crippen LogP) is 1.89. The minimum Gasteiger partial charge on any atom is -0.388 e. The number of aliphatic hydroxyl groups is 1. The van der Waals surface area contributed by atoms with Crippen molar-refractivity contribution in [2.45, 2.75) is 57.6 Å². The van der Waals surface area contributed by atoms with Gasteiger partial charge in [0.15, 0.2) is 0 Å². The summed E-state index contributed by atoms with van der Waals surface area (Å²) in [7, 11) is 0. The van der Waals surface area contributed by atoms with Gasteiger partial charge in [0, 0.05) is 18.9 Å². The van der Waals surface area contributed by atoms with E-state index in [0.717, 1.165) is 31.6 Å². The molecule has 1 amide bonds. The lowest BCUT2D eigenvalue weighted by atomic mass is 9.78. The number of nitrogens with one attached hydrogen (secondary N) is 1. The zero-order valence-corrected chi connectivity index (χ0v) is 12.4. The lowest BCUT2D eigenvalue weighted by Crippen LogP contribution is -2.46. The van der Waals surface area contributed by atoms with Crippen LogP contribution in [0.3, 0.4) is 0 Å². The summed E-state index contributed by atoms with van der Waals surface area (Å²) in [6.07, 6.45) is 8.27. The number of amides is 1. The van der Waals surface area contributed by atoms with Gasteiger partial charge in [0.1, 0.15) is 6.04 Å². The lowest BCUT2D eigenvalue weighted by molar-refractivity contribution is -0.125. The molecule has 0 aliphatic heterocycles. The molecular formula is C15H25N3O2. The van der Waals surface area contributed by atoms with Gasteiger partial charge in [-0.3, -0.25) is 9.48 Å². The first kappa shape index (κ1) is 15.0. The molecule has 0 spiro atoms. The second-order valence-corrected chi connectivity index (χ2v) is 5.96. The molecule has 0 bridgehead atoms.